The second-order valence-corrected chi connectivity index (χ2v) is 5.33. The van der Waals surface area contributed by atoms with Crippen LogP contribution in [0.3, 0.4) is 0 Å². The molecule has 0 saturated heterocycles. The highest BCUT2D eigenvalue weighted by Gasteiger charge is 2.25. The molecule has 1 saturated carbocycles. The molecule has 18 heavy (non-hydrogen) atoms. The first-order valence-electron chi connectivity index (χ1n) is 6.58. The molecule has 0 amide bonds. The second kappa shape index (κ2) is 4.28. The fourth-order valence-corrected chi connectivity index (χ4v) is 2.45. The lowest BCUT2D eigenvalue weighted by molar-refractivity contribution is 0.311. The Balaban J connectivity index is 1.83. The van der Waals surface area contributed by atoms with Gasteiger partial charge in [0.25, 0.3) is 0 Å². The Bertz CT molecular complexity index is 568. The molecule has 1 fully saturated rings. The summed E-state index contributed by atoms with van der Waals surface area (Å²) >= 11 is 0. The molecule has 0 unspecified atom stereocenters. The van der Waals surface area contributed by atoms with Gasteiger partial charge in [-0.15, -0.1) is 0 Å². The van der Waals surface area contributed by atoms with Crippen molar-refractivity contribution in [3.05, 3.63) is 23.8 Å². The Kier molecular flexibility index (Phi) is 2.74. The van der Waals surface area contributed by atoms with Crippen molar-refractivity contribution in [1.82, 2.24) is 14.5 Å². The molecule has 0 radical (unpaired) electrons. The number of rotatable bonds is 4. The van der Waals surface area contributed by atoms with Gasteiger partial charge in [0.2, 0.25) is 5.95 Å². The topological polar surface area (TPSA) is 47.1 Å². The number of hydrogen-bond acceptors (Lipinski definition) is 3. The predicted octanol–water partition coefficient (Wildman–Crippen LogP) is 2.02. The largest absolute Gasteiger partial charge is 0.369 e. The van der Waals surface area contributed by atoms with Gasteiger partial charge in [-0.3, -0.25) is 0 Å². The minimum Gasteiger partial charge on any atom is -0.369 e. The summed E-state index contributed by atoms with van der Waals surface area (Å²) < 4.78 is 2.12. The number of anilines is 1. The number of nitrogens with two attached hydrogens (primary N) is 1. The molecule has 2 aromatic rings. The van der Waals surface area contributed by atoms with Gasteiger partial charge in [0.15, 0.2) is 0 Å². The van der Waals surface area contributed by atoms with Crippen LogP contribution in [0.4, 0.5) is 5.95 Å². The lowest BCUT2D eigenvalue weighted by atomic mass is 10.2. The molecule has 0 spiro atoms. The number of nitrogen functional groups attached to an aromatic ring is 1. The number of likely N-dealkylation sites (N-methyl/N-ethyl adjacent to an activating group) is 1. The third-order valence-corrected chi connectivity index (χ3v) is 3.78. The molecule has 96 valence electrons. The van der Waals surface area contributed by atoms with E-state index in [0.29, 0.717) is 5.95 Å². The van der Waals surface area contributed by atoms with Gasteiger partial charge in [0, 0.05) is 19.1 Å². The van der Waals surface area contributed by atoms with Gasteiger partial charge in [0.1, 0.15) is 0 Å². The summed E-state index contributed by atoms with van der Waals surface area (Å²) in [6.07, 6.45) is 2.69. The van der Waals surface area contributed by atoms with Crippen molar-refractivity contribution in [1.29, 1.82) is 0 Å². The van der Waals surface area contributed by atoms with E-state index < -0.39 is 0 Å². The average molecular weight is 244 g/mol. The Morgan fingerprint density at radius 1 is 1.44 bits per heavy atom. The molecular weight excluding hydrogens is 224 g/mol. The zero-order valence-corrected chi connectivity index (χ0v) is 11.1. The molecule has 4 heteroatoms. The van der Waals surface area contributed by atoms with E-state index in [1.165, 1.54) is 18.4 Å². The number of nitrogens with zero attached hydrogens (tertiary/aromatic N) is 3. The SMILES string of the molecule is Cc1ccc2c(c1)nc(N)n2CCN(C)C1CC1. The molecule has 1 heterocycles. The lowest BCUT2D eigenvalue weighted by Gasteiger charge is -2.16. The fraction of sp³-hybridized carbons (Fsp3) is 0.500. The van der Waals surface area contributed by atoms with Crippen LogP contribution < -0.4 is 5.73 Å². The van der Waals surface area contributed by atoms with Crippen LogP contribution in [-0.4, -0.2) is 34.1 Å². The molecule has 1 aromatic heterocycles. The monoisotopic (exact) mass is 244 g/mol. The second-order valence-electron chi connectivity index (χ2n) is 5.33. The quantitative estimate of drug-likeness (QED) is 0.895. The Hall–Kier alpha value is -1.55. The summed E-state index contributed by atoms with van der Waals surface area (Å²) in [5.41, 5.74) is 9.38. The van der Waals surface area contributed by atoms with Gasteiger partial charge in [-0.05, 0) is 44.5 Å². The van der Waals surface area contributed by atoms with Crippen molar-refractivity contribution in [3.63, 3.8) is 0 Å². The van der Waals surface area contributed by atoms with Crippen LogP contribution in [0.1, 0.15) is 18.4 Å². The number of aromatic nitrogens is 2. The van der Waals surface area contributed by atoms with Crippen LogP contribution in [0.2, 0.25) is 0 Å². The zero-order chi connectivity index (χ0) is 12.7. The molecule has 0 atom stereocenters. The lowest BCUT2D eigenvalue weighted by Crippen LogP contribution is -2.25. The third-order valence-electron chi connectivity index (χ3n) is 3.78. The van der Waals surface area contributed by atoms with Crippen molar-refractivity contribution < 1.29 is 0 Å². The normalized spacial score (nSPS) is 15.7. The summed E-state index contributed by atoms with van der Waals surface area (Å²) in [4.78, 5) is 6.85. The van der Waals surface area contributed by atoms with E-state index in [1.807, 2.05) is 0 Å². The molecule has 1 aliphatic rings. The molecular formula is C14H20N4. The summed E-state index contributed by atoms with van der Waals surface area (Å²) in [7, 11) is 2.19. The molecule has 3 rings (SSSR count). The van der Waals surface area contributed by atoms with Gasteiger partial charge in [-0.25, -0.2) is 4.98 Å². The van der Waals surface area contributed by atoms with Crippen LogP contribution in [-0.2, 0) is 6.54 Å². The maximum atomic E-state index is 6.01. The van der Waals surface area contributed by atoms with Crippen LogP contribution in [0.25, 0.3) is 11.0 Å². The van der Waals surface area contributed by atoms with E-state index in [1.54, 1.807) is 0 Å². The van der Waals surface area contributed by atoms with E-state index in [4.69, 9.17) is 5.73 Å². The van der Waals surface area contributed by atoms with E-state index in [0.717, 1.165) is 30.2 Å². The average Bonchev–Trinajstić information content (AvgIpc) is 3.11. The van der Waals surface area contributed by atoms with Crippen molar-refractivity contribution >= 4 is 17.0 Å². The number of fused-ring (bicyclic) bond motifs is 1. The van der Waals surface area contributed by atoms with Crippen LogP contribution in [0.5, 0.6) is 0 Å². The first kappa shape index (κ1) is 11.5. The maximum Gasteiger partial charge on any atom is 0.201 e. The molecule has 4 nitrogen and oxygen atoms in total. The minimum atomic E-state index is 0.625. The molecule has 2 N–H and O–H groups in total. The third kappa shape index (κ3) is 2.08. The summed E-state index contributed by atoms with van der Waals surface area (Å²) in [5, 5.41) is 0. The highest BCUT2D eigenvalue weighted by Crippen LogP contribution is 2.25. The number of benzene rings is 1. The smallest absolute Gasteiger partial charge is 0.201 e. The van der Waals surface area contributed by atoms with E-state index in [2.05, 4.69) is 46.6 Å². The van der Waals surface area contributed by atoms with E-state index >= 15 is 0 Å². The first-order chi connectivity index (χ1) is 8.65. The van der Waals surface area contributed by atoms with Gasteiger partial charge >= 0.3 is 0 Å². The first-order valence-corrected chi connectivity index (χ1v) is 6.58. The summed E-state index contributed by atoms with van der Waals surface area (Å²) in [6, 6.07) is 7.12. The summed E-state index contributed by atoms with van der Waals surface area (Å²) in [6.45, 7) is 4.03. The molecule has 1 aliphatic carbocycles. The van der Waals surface area contributed by atoms with Crippen LogP contribution in [0.15, 0.2) is 18.2 Å². The zero-order valence-electron chi connectivity index (χ0n) is 11.1. The van der Waals surface area contributed by atoms with Crippen molar-refractivity contribution in [2.75, 3.05) is 19.3 Å². The Morgan fingerprint density at radius 3 is 2.94 bits per heavy atom. The van der Waals surface area contributed by atoms with E-state index in [-0.39, 0.29) is 0 Å². The van der Waals surface area contributed by atoms with Gasteiger partial charge in [-0.1, -0.05) is 6.07 Å². The highest BCUT2D eigenvalue weighted by molar-refractivity contribution is 5.79. The minimum absolute atomic E-state index is 0.625. The van der Waals surface area contributed by atoms with Gasteiger partial charge in [-0.2, -0.15) is 0 Å². The predicted molar refractivity (Wildman–Crippen MR) is 74.5 cm³/mol. The highest BCUT2D eigenvalue weighted by atomic mass is 15.2. The number of hydrogen-bond donors (Lipinski definition) is 1. The maximum absolute atomic E-state index is 6.01. The van der Waals surface area contributed by atoms with Crippen molar-refractivity contribution in [2.45, 2.75) is 32.4 Å². The Morgan fingerprint density at radius 2 is 2.22 bits per heavy atom. The fourth-order valence-electron chi connectivity index (χ4n) is 2.45. The molecule has 1 aromatic carbocycles. The molecule has 0 aliphatic heterocycles. The van der Waals surface area contributed by atoms with Gasteiger partial charge < -0.3 is 15.2 Å². The van der Waals surface area contributed by atoms with Crippen LogP contribution in [0, 0.1) is 6.92 Å². The number of imidazole rings is 1. The van der Waals surface area contributed by atoms with Gasteiger partial charge in [0.05, 0.1) is 11.0 Å². The summed E-state index contributed by atoms with van der Waals surface area (Å²) in [5.74, 6) is 0.625. The van der Waals surface area contributed by atoms with Crippen molar-refractivity contribution in [3.8, 4) is 0 Å². The standard InChI is InChI=1S/C14H20N4/c1-10-3-6-13-12(9-10)16-14(15)18(13)8-7-17(2)11-4-5-11/h3,6,9,11H,4-5,7-8H2,1-2H3,(H2,15,16). The van der Waals surface area contributed by atoms with E-state index in [9.17, 15) is 0 Å². The van der Waals surface area contributed by atoms with Crippen molar-refractivity contribution in [2.24, 2.45) is 0 Å². The number of aryl methyl sites for hydroxylation is 1. The molecule has 0 bridgehead atoms. The Labute approximate surface area is 107 Å². The van der Waals surface area contributed by atoms with Crippen LogP contribution >= 0.6 is 0 Å².